The molecule has 0 bridgehead atoms. The van der Waals surface area contributed by atoms with Gasteiger partial charge in [-0.1, -0.05) is 30.3 Å². The SMILES string of the molecule is O=C1NC(=O)C2C(N=CN2Cc2ccccc2)N1. The molecule has 6 nitrogen and oxygen atoms in total. The van der Waals surface area contributed by atoms with Crippen molar-refractivity contribution in [3.8, 4) is 0 Å². The first-order valence-corrected chi connectivity index (χ1v) is 5.68. The van der Waals surface area contributed by atoms with Crippen molar-refractivity contribution >= 4 is 18.3 Å². The van der Waals surface area contributed by atoms with Crippen molar-refractivity contribution < 1.29 is 9.59 Å². The Bertz CT molecular complexity index is 514. The third-order valence-corrected chi connectivity index (χ3v) is 3.02. The Morgan fingerprint density at radius 2 is 2.00 bits per heavy atom. The number of hydrogen-bond acceptors (Lipinski definition) is 4. The number of aliphatic imine (C=N–C) groups is 1. The van der Waals surface area contributed by atoms with Gasteiger partial charge in [0.15, 0.2) is 12.2 Å². The van der Waals surface area contributed by atoms with Gasteiger partial charge in [-0.05, 0) is 5.56 Å². The number of carbonyl (C=O) groups is 2. The lowest BCUT2D eigenvalue weighted by Crippen LogP contribution is -2.62. The van der Waals surface area contributed by atoms with Crippen LogP contribution in [-0.2, 0) is 11.3 Å². The van der Waals surface area contributed by atoms with E-state index in [0.717, 1.165) is 5.56 Å². The summed E-state index contributed by atoms with van der Waals surface area (Å²) in [5, 5.41) is 4.87. The summed E-state index contributed by atoms with van der Waals surface area (Å²) in [7, 11) is 0. The fourth-order valence-electron chi connectivity index (χ4n) is 2.19. The molecule has 0 aromatic heterocycles. The molecule has 0 saturated carbocycles. The Kier molecular flexibility index (Phi) is 2.47. The maximum absolute atomic E-state index is 11.8. The third kappa shape index (κ3) is 1.81. The highest BCUT2D eigenvalue weighted by atomic mass is 16.2. The van der Waals surface area contributed by atoms with E-state index in [0.29, 0.717) is 6.54 Å². The molecule has 6 heteroatoms. The van der Waals surface area contributed by atoms with Gasteiger partial charge in [0, 0.05) is 6.54 Å². The summed E-state index contributed by atoms with van der Waals surface area (Å²) in [5.41, 5.74) is 1.09. The largest absolute Gasteiger partial charge is 0.343 e. The quantitative estimate of drug-likeness (QED) is 0.773. The molecule has 1 aromatic carbocycles. The van der Waals surface area contributed by atoms with E-state index >= 15 is 0 Å². The normalized spacial score (nSPS) is 25.7. The van der Waals surface area contributed by atoms with Crippen LogP contribution in [0, 0.1) is 0 Å². The van der Waals surface area contributed by atoms with Gasteiger partial charge in [-0.3, -0.25) is 10.1 Å². The van der Waals surface area contributed by atoms with Crippen molar-refractivity contribution in [2.75, 3.05) is 0 Å². The van der Waals surface area contributed by atoms with E-state index in [4.69, 9.17) is 0 Å². The van der Waals surface area contributed by atoms with Gasteiger partial charge >= 0.3 is 6.03 Å². The van der Waals surface area contributed by atoms with Crippen LogP contribution >= 0.6 is 0 Å². The number of rotatable bonds is 2. The first-order valence-electron chi connectivity index (χ1n) is 5.68. The van der Waals surface area contributed by atoms with Gasteiger partial charge in [0.1, 0.15) is 0 Å². The average molecular weight is 244 g/mol. The maximum Gasteiger partial charge on any atom is 0.323 e. The smallest absolute Gasteiger partial charge is 0.323 e. The van der Waals surface area contributed by atoms with Gasteiger partial charge in [0.25, 0.3) is 5.91 Å². The van der Waals surface area contributed by atoms with Crippen LogP contribution in [0.15, 0.2) is 35.3 Å². The maximum atomic E-state index is 11.8. The number of amides is 3. The minimum absolute atomic E-state index is 0.308. The van der Waals surface area contributed by atoms with Crippen LogP contribution in [0.25, 0.3) is 0 Å². The molecule has 2 aliphatic rings. The molecule has 2 atom stereocenters. The Morgan fingerprint density at radius 3 is 2.78 bits per heavy atom. The number of benzene rings is 1. The Labute approximate surface area is 104 Å². The molecule has 0 spiro atoms. The summed E-state index contributed by atoms with van der Waals surface area (Å²) >= 11 is 0. The molecule has 1 aromatic rings. The Balaban J connectivity index is 1.77. The second-order valence-electron chi connectivity index (χ2n) is 4.27. The van der Waals surface area contributed by atoms with Crippen LogP contribution in [0.3, 0.4) is 0 Å². The molecule has 3 amide bonds. The number of imide groups is 1. The van der Waals surface area contributed by atoms with Crippen molar-refractivity contribution in [1.29, 1.82) is 0 Å². The topological polar surface area (TPSA) is 73.8 Å². The Hall–Kier alpha value is -2.37. The zero-order valence-electron chi connectivity index (χ0n) is 9.54. The lowest BCUT2D eigenvalue weighted by Gasteiger charge is -2.30. The van der Waals surface area contributed by atoms with Crippen LogP contribution in [0.1, 0.15) is 5.56 Å². The molecule has 18 heavy (non-hydrogen) atoms. The van der Waals surface area contributed by atoms with E-state index in [1.54, 1.807) is 6.34 Å². The van der Waals surface area contributed by atoms with Gasteiger partial charge in [0.2, 0.25) is 0 Å². The van der Waals surface area contributed by atoms with Crippen LogP contribution in [-0.4, -0.2) is 35.4 Å². The summed E-state index contributed by atoms with van der Waals surface area (Å²) in [6, 6.07) is 8.87. The molecule has 92 valence electrons. The lowest BCUT2D eigenvalue weighted by molar-refractivity contribution is -0.125. The van der Waals surface area contributed by atoms with E-state index in [2.05, 4.69) is 15.6 Å². The molecule has 2 aliphatic heterocycles. The van der Waals surface area contributed by atoms with E-state index in [-0.39, 0.29) is 5.91 Å². The second kappa shape index (κ2) is 4.14. The third-order valence-electron chi connectivity index (χ3n) is 3.02. The highest BCUT2D eigenvalue weighted by Gasteiger charge is 2.41. The van der Waals surface area contributed by atoms with Crippen LogP contribution in [0.4, 0.5) is 4.79 Å². The predicted octanol–water partition coefficient (Wildman–Crippen LogP) is 0.0646. The zero-order valence-corrected chi connectivity index (χ0v) is 9.54. The first-order chi connectivity index (χ1) is 8.74. The molecule has 0 radical (unpaired) electrons. The van der Waals surface area contributed by atoms with Gasteiger partial charge < -0.3 is 10.2 Å². The van der Waals surface area contributed by atoms with Crippen molar-refractivity contribution in [2.24, 2.45) is 4.99 Å². The highest BCUT2D eigenvalue weighted by Crippen LogP contribution is 2.17. The van der Waals surface area contributed by atoms with E-state index in [9.17, 15) is 9.59 Å². The van der Waals surface area contributed by atoms with Crippen LogP contribution in [0.2, 0.25) is 0 Å². The van der Waals surface area contributed by atoms with Gasteiger partial charge in [-0.15, -0.1) is 0 Å². The fourth-order valence-corrected chi connectivity index (χ4v) is 2.19. The summed E-state index contributed by atoms with van der Waals surface area (Å²) < 4.78 is 0. The molecule has 1 fully saturated rings. The minimum Gasteiger partial charge on any atom is -0.343 e. The molecule has 2 heterocycles. The summed E-state index contributed by atoms with van der Waals surface area (Å²) in [6.45, 7) is 0.592. The van der Waals surface area contributed by atoms with E-state index in [1.807, 2.05) is 35.2 Å². The van der Waals surface area contributed by atoms with Crippen molar-refractivity contribution in [1.82, 2.24) is 15.5 Å². The summed E-state index contributed by atoms with van der Waals surface area (Å²) in [5.74, 6) is -0.308. The molecular weight excluding hydrogens is 232 g/mol. The molecule has 2 unspecified atom stereocenters. The molecule has 1 saturated heterocycles. The number of nitrogens with one attached hydrogen (secondary N) is 2. The number of hydrogen-bond donors (Lipinski definition) is 2. The molecule has 0 aliphatic carbocycles. The van der Waals surface area contributed by atoms with E-state index in [1.165, 1.54) is 0 Å². The predicted molar refractivity (Wildman–Crippen MR) is 64.7 cm³/mol. The Morgan fingerprint density at radius 1 is 1.22 bits per heavy atom. The average Bonchev–Trinajstić information content (AvgIpc) is 2.73. The monoisotopic (exact) mass is 244 g/mol. The van der Waals surface area contributed by atoms with Crippen molar-refractivity contribution in [3.63, 3.8) is 0 Å². The summed E-state index contributed by atoms with van der Waals surface area (Å²) in [4.78, 5) is 28.9. The highest BCUT2D eigenvalue weighted by molar-refractivity contribution is 6.01. The number of fused-ring (bicyclic) bond motifs is 1. The molecular formula is C12H12N4O2. The zero-order chi connectivity index (χ0) is 12.5. The van der Waals surface area contributed by atoms with Crippen molar-refractivity contribution in [3.05, 3.63) is 35.9 Å². The lowest BCUT2D eigenvalue weighted by atomic mass is 10.1. The van der Waals surface area contributed by atoms with Crippen LogP contribution < -0.4 is 10.6 Å². The van der Waals surface area contributed by atoms with Gasteiger partial charge in [0.05, 0.1) is 6.34 Å². The minimum atomic E-state index is -0.486. The van der Waals surface area contributed by atoms with Gasteiger partial charge in [-0.25, -0.2) is 9.79 Å². The van der Waals surface area contributed by atoms with E-state index < -0.39 is 18.2 Å². The molecule has 3 rings (SSSR count). The van der Waals surface area contributed by atoms with Crippen LogP contribution in [0.5, 0.6) is 0 Å². The standard InChI is InChI=1S/C12H12N4O2/c17-11-9-10(14-12(18)15-11)13-7-16(9)6-8-4-2-1-3-5-8/h1-5,7,9-10H,6H2,(H2,14,15,17,18). The molecule has 2 N–H and O–H groups in total. The summed E-state index contributed by atoms with van der Waals surface area (Å²) in [6.07, 6.45) is 1.14. The fraction of sp³-hybridized carbons (Fsp3) is 0.250. The number of urea groups is 1. The number of carbonyl (C=O) groups excluding carboxylic acids is 2. The number of nitrogens with zero attached hydrogens (tertiary/aromatic N) is 2. The van der Waals surface area contributed by atoms with Crippen molar-refractivity contribution in [2.45, 2.75) is 18.8 Å². The first kappa shape index (κ1) is 10.8. The van der Waals surface area contributed by atoms with Gasteiger partial charge in [-0.2, -0.15) is 0 Å². The second-order valence-corrected chi connectivity index (χ2v) is 4.27.